The molecule has 2 N–H and O–H groups in total. The number of carbonyl (C=O) groups is 1. The second-order valence-electron chi connectivity index (χ2n) is 5.90. The summed E-state index contributed by atoms with van der Waals surface area (Å²) in [5, 5.41) is 19.0. The van der Waals surface area contributed by atoms with Crippen LogP contribution in [0.5, 0.6) is 0 Å². The molecule has 0 bridgehead atoms. The monoisotopic (exact) mass is 304 g/mol. The van der Waals surface area contributed by atoms with E-state index < -0.39 is 12.1 Å². The molecular formula is C19H28O3. The number of aliphatic hydroxyl groups excluding tert-OH is 1. The Kier molecular flexibility index (Phi) is 8.53. The van der Waals surface area contributed by atoms with Crippen LogP contribution in [-0.2, 0) is 4.79 Å². The third kappa shape index (κ3) is 6.90. The lowest BCUT2D eigenvalue weighted by atomic mass is 10.0. The summed E-state index contributed by atoms with van der Waals surface area (Å²) in [6.07, 6.45) is 9.15. The number of benzene rings is 1. The Hall–Kier alpha value is -1.61. The summed E-state index contributed by atoms with van der Waals surface area (Å²) in [7, 11) is 0. The molecule has 1 aromatic rings. The van der Waals surface area contributed by atoms with Crippen molar-refractivity contribution in [3.8, 4) is 0 Å². The van der Waals surface area contributed by atoms with Crippen molar-refractivity contribution in [1.82, 2.24) is 0 Å². The highest BCUT2D eigenvalue weighted by atomic mass is 16.4. The second kappa shape index (κ2) is 10.2. The van der Waals surface area contributed by atoms with Crippen LogP contribution in [0.1, 0.15) is 69.6 Å². The van der Waals surface area contributed by atoms with Crippen LogP contribution in [0.25, 0.3) is 6.08 Å². The number of unbranched alkanes of at least 4 members (excludes halogenated alkanes) is 2. The van der Waals surface area contributed by atoms with Crippen molar-refractivity contribution in [2.45, 2.75) is 58.5 Å². The van der Waals surface area contributed by atoms with Crippen LogP contribution in [0.4, 0.5) is 0 Å². The zero-order chi connectivity index (χ0) is 16.4. The van der Waals surface area contributed by atoms with Gasteiger partial charge in [0.15, 0.2) is 0 Å². The molecule has 2 unspecified atom stereocenters. The van der Waals surface area contributed by atoms with Crippen molar-refractivity contribution in [3.63, 3.8) is 0 Å². The number of allylic oxidation sites excluding steroid dienone is 1. The van der Waals surface area contributed by atoms with Gasteiger partial charge in [0.1, 0.15) is 0 Å². The maximum atomic E-state index is 10.7. The Balaban J connectivity index is 2.51. The molecule has 0 aliphatic heterocycles. The maximum absolute atomic E-state index is 10.7. The van der Waals surface area contributed by atoms with Crippen molar-refractivity contribution in [2.75, 3.05) is 0 Å². The number of carboxylic acids is 1. The van der Waals surface area contributed by atoms with Crippen LogP contribution < -0.4 is 0 Å². The number of aliphatic hydroxyl groups is 1. The van der Waals surface area contributed by atoms with E-state index in [1.54, 1.807) is 6.92 Å². The molecule has 0 aromatic heterocycles. The van der Waals surface area contributed by atoms with Gasteiger partial charge >= 0.3 is 5.97 Å². The lowest BCUT2D eigenvalue weighted by Crippen LogP contribution is -2.08. The fourth-order valence-electron chi connectivity index (χ4n) is 2.31. The zero-order valence-electron chi connectivity index (χ0n) is 13.7. The molecule has 1 rings (SSSR count). The smallest absolute Gasteiger partial charge is 0.306 e. The average Bonchev–Trinajstić information content (AvgIpc) is 2.51. The summed E-state index contributed by atoms with van der Waals surface area (Å²) in [6.45, 7) is 3.88. The third-order valence-electron chi connectivity index (χ3n) is 3.87. The van der Waals surface area contributed by atoms with Gasteiger partial charge in [0, 0.05) is 0 Å². The molecule has 0 amide bonds. The van der Waals surface area contributed by atoms with Gasteiger partial charge in [-0.15, -0.1) is 0 Å². The van der Waals surface area contributed by atoms with Crippen LogP contribution in [0.2, 0.25) is 0 Å². The molecule has 22 heavy (non-hydrogen) atoms. The number of hydrogen-bond donors (Lipinski definition) is 2. The Morgan fingerprint density at radius 1 is 1.27 bits per heavy atom. The largest absolute Gasteiger partial charge is 0.481 e. The van der Waals surface area contributed by atoms with E-state index in [0.717, 1.165) is 43.2 Å². The number of aliphatic carboxylic acids is 1. The van der Waals surface area contributed by atoms with E-state index in [1.807, 2.05) is 36.4 Å². The molecule has 0 spiro atoms. The van der Waals surface area contributed by atoms with Gasteiger partial charge in [-0.05, 0) is 36.5 Å². The summed E-state index contributed by atoms with van der Waals surface area (Å²) < 4.78 is 0. The van der Waals surface area contributed by atoms with Crippen LogP contribution in [0, 0.1) is 5.92 Å². The molecule has 0 aliphatic carbocycles. The van der Waals surface area contributed by atoms with Crippen molar-refractivity contribution in [1.29, 1.82) is 0 Å². The number of rotatable bonds is 10. The molecular weight excluding hydrogens is 276 g/mol. The molecule has 1 aromatic carbocycles. The molecule has 0 heterocycles. The second-order valence-corrected chi connectivity index (χ2v) is 5.90. The van der Waals surface area contributed by atoms with Crippen LogP contribution >= 0.6 is 0 Å². The standard InChI is InChI=1S/C19H28O3/c1-3-4-5-13-18(20)17-12-8-11-16(14-17)10-7-6-9-15(2)19(21)22/h7-8,10-12,14-15,18,20H,3-6,9,13H2,1-2H3,(H,21,22). The van der Waals surface area contributed by atoms with Gasteiger partial charge in [-0.3, -0.25) is 4.79 Å². The summed E-state index contributed by atoms with van der Waals surface area (Å²) in [6, 6.07) is 7.92. The molecule has 0 fully saturated rings. The third-order valence-corrected chi connectivity index (χ3v) is 3.87. The number of hydrogen-bond acceptors (Lipinski definition) is 2. The summed E-state index contributed by atoms with van der Waals surface area (Å²) in [5.41, 5.74) is 2.01. The van der Waals surface area contributed by atoms with E-state index in [1.165, 1.54) is 0 Å². The van der Waals surface area contributed by atoms with Gasteiger partial charge in [-0.2, -0.15) is 0 Å². The van der Waals surface area contributed by atoms with Gasteiger partial charge in [-0.25, -0.2) is 0 Å². The molecule has 3 heteroatoms. The molecule has 0 saturated heterocycles. The predicted molar refractivity (Wildman–Crippen MR) is 90.6 cm³/mol. The van der Waals surface area contributed by atoms with Crippen molar-refractivity contribution < 1.29 is 15.0 Å². The van der Waals surface area contributed by atoms with Gasteiger partial charge in [0.25, 0.3) is 0 Å². The Labute approximate surface area is 133 Å². The first-order valence-electron chi connectivity index (χ1n) is 8.22. The van der Waals surface area contributed by atoms with E-state index in [-0.39, 0.29) is 5.92 Å². The lowest BCUT2D eigenvalue weighted by Gasteiger charge is -2.11. The summed E-state index contributed by atoms with van der Waals surface area (Å²) in [5.74, 6) is -1.05. The fraction of sp³-hybridized carbons (Fsp3) is 0.526. The minimum atomic E-state index is -0.745. The van der Waals surface area contributed by atoms with Crippen LogP contribution in [0.3, 0.4) is 0 Å². The van der Waals surface area contributed by atoms with E-state index in [9.17, 15) is 9.90 Å². The van der Waals surface area contributed by atoms with Gasteiger partial charge < -0.3 is 10.2 Å². The first-order chi connectivity index (χ1) is 10.5. The first kappa shape index (κ1) is 18.4. The van der Waals surface area contributed by atoms with Gasteiger partial charge in [0.05, 0.1) is 12.0 Å². The Morgan fingerprint density at radius 3 is 2.73 bits per heavy atom. The zero-order valence-corrected chi connectivity index (χ0v) is 13.7. The normalized spacial score (nSPS) is 14.1. The van der Waals surface area contributed by atoms with Crippen molar-refractivity contribution in [3.05, 3.63) is 41.5 Å². The molecule has 0 radical (unpaired) electrons. The van der Waals surface area contributed by atoms with Gasteiger partial charge in [0.2, 0.25) is 0 Å². The average molecular weight is 304 g/mol. The van der Waals surface area contributed by atoms with E-state index >= 15 is 0 Å². The van der Waals surface area contributed by atoms with Crippen molar-refractivity contribution >= 4 is 12.0 Å². The molecule has 122 valence electrons. The highest BCUT2D eigenvalue weighted by molar-refractivity contribution is 5.69. The van der Waals surface area contributed by atoms with E-state index in [4.69, 9.17) is 5.11 Å². The fourth-order valence-corrected chi connectivity index (χ4v) is 2.31. The summed E-state index contributed by atoms with van der Waals surface area (Å²) in [4.78, 5) is 10.7. The van der Waals surface area contributed by atoms with Gasteiger partial charge in [-0.1, -0.05) is 63.5 Å². The minimum Gasteiger partial charge on any atom is -0.481 e. The topological polar surface area (TPSA) is 57.5 Å². The molecule has 3 nitrogen and oxygen atoms in total. The minimum absolute atomic E-state index is 0.309. The quantitative estimate of drug-likeness (QED) is 0.610. The molecule has 0 saturated carbocycles. The predicted octanol–water partition coefficient (Wildman–Crippen LogP) is 4.81. The molecule has 0 aliphatic rings. The van der Waals surface area contributed by atoms with Crippen LogP contribution in [-0.4, -0.2) is 16.2 Å². The number of carboxylic acid groups (broad SMARTS) is 1. The first-order valence-corrected chi connectivity index (χ1v) is 8.22. The highest BCUT2D eigenvalue weighted by Gasteiger charge is 2.09. The lowest BCUT2D eigenvalue weighted by molar-refractivity contribution is -0.141. The Morgan fingerprint density at radius 2 is 2.05 bits per heavy atom. The maximum Gasteiger partial charge on any atom is 0.306 e. The van der Waals surface area contributed by atoms with E-state index in [0.29, 0.717) is 6.42 Å². The Bertz CT molecular complexity index is 479. The summed E-state index contributed by atoms with van der Waals surface area (Å²) >= 11 is 0. The van der Waals surface area contributed by atoms with E-state index in [2.05, 4.69) is 6.92 Å². The molecule has 2 atom stereocenters. The van der Waals surface area contributed by atoms with Crippen LogP contribution in [0.15, 0.2) is 30.3 Å². The van der Waals surface area contributed by atoms with Crippen molar-refractivity contribution in [2.24, 2.45) is 5.92 Å². The SMILES string of the molecule is CCCCCC(O)c1cccc(C=CCCC(C)C(=O)O)c1. The highest BCUT2D eigenvalue weighted by Crippen LogP contribution is 2.21.